The van der Waals surface area contributed by atoms with E-state index in [0.29, 0.717) is 42.5 Å². The highest BCUT2D eigenvalue weighted by atomic mass is 19.2. The fraction of sp³-hybridized carbons (Fsp3) is 0.500. The van der Waals surface area contributed by atoms with E-state index in [0.717, 1.165) is 50.5 Å². The number of nitrogens with zero attached hydrogens (tertiary/aromatic N) is 5. The molecule has 1 unspecified atom stereocenters. The monoisotopic (exact) mass is 498 g/mol. The summed E-state index contributed by atoms with van der Waals surface area (Å²) in [6.45, 7) is 2.50. The Morgan fingerprint density at radius 2 is 1.81 bits per heavy atom. The van der Waals surface area contributed by atoms with Gasteiger partial charge >= 0.3 is 0 Å². The fourth-order valence-electron chi connectivity index (χ4n) is 6.21. The van der Waals surface area contributed by atoms with Crippen LogP contribution in [-0.4, -0.2) is 46.0 Å². The number of fused-ring (bicyclic) bond motifs is 3. The molecule has 2 bridgehead atoms. The van der Waals surface area contributed by atoms with Crippen LogP contribution in [-0.2, 0) is 6.54 Å². The molecule has 2 fully saturated rings. The van der Waals surface area contributed by atoms with Crippen molar-refractivity contribution in [1.29, 1.82) is 0 Å². The molecule has 4 heterocycles. The highest BCUT2D eigenvalue weighted by Gasteiger charge is 2.43. The van der Waals surface area contributed by atoms with Gasteiger partial charge in [-0.15, -0.1) is 5.10 Å². The van der Waals surface area contributed by atoms with Crippen molar-refractivity contribution in [3.63, 3.8) is 0 Å². The van der Waals surface area contributed by atoms with Crippen molar-refractivity contribution >= 4 is 11.6 Å². The molecule has 1 aromatic carbocycles. The Kier molecular flexibility index (Phi) is 5.97. The number of pyridine rings is 1. The Balaban J connectivity index is 1.23. The lowest BCUT2D eigenvalue weighted by atomic mass is 9.92. The molecule has 6 rings (SSSR count). The summed E-state index contributed by atoms with van der Waals surface area (Å²) in [6.07, 6.45) is 6.33. The van der Waals surface area contributed by atoms with E-state index in [1.54, 1.807) is 18.0 Å². The molecular weight excluding hydrogens is 469 g/mol. The van der Waals surface area contributed by atoms with Crippen LogP contribution in [0, 0.1) is 29.3 Å². The van der Waals surface area contributed by atoms with Crippen LogP contribution in [0.3, 0.4) is 0 Å². The van der Waals surface area contributed by atoms with Crippen molar-refractivity contribution in [1.82, 2.24) is 19.7 Å². The van der Waals surface area contributed by atoms with Crippen molar-refractivity contribution in [3.8, 4) is 5.88 Å². The number of piperidine rings is 1. The molecule has 190 valence electrons. The van der Waals surface area contributed by atoms with Crippen molar-refractivity contribution in [3.05, 3.63) is 59.3 Å². The fourth-order valence-corrected chi connectivity index (χ4v) is 6.21. The molecule has 2 aromatic heterocycles. The third kappa shape index (κ3) is 4.06. The lowest BCUT2D eigenvalue weighted by molar-refractivity contribution is 0.374. The lowest BCUT2D eigenvalue weighted by Gasteiger charge is -2.39. The zero-order valence-electron chi connectivity index (χ0n) is 20.1. The zero-order chi connectivity index (χ0) is 24.8. The van der Waals surface area contributed by atoms with Gasteiger partial charge in [-0.3, -0.25) is 0 Å². The summed E-state index contributed by atoms with van der Waals surface area (Å²) in [5, 5.41) is 8.30. The van der Waals surface area contributed by atoms with Crippen molar-refractivity contribution < 1.29 is 17.9 Å². The highest BCUT2D eigenvalue weighted by Crippen LogP contribution is 2.41. The number of anilines is 2. The van der Waals surface area contributed by atoms with Crippen molar-refractivity contribution in [2.45, 2.75) is 50.6 Å². The molecule has 36 heavy (non-hydrogen) atoms. The Morgan fingerprint density at radius 3 is 2.58 bits per heavy atom. The summed E-state index contributed by atoms with van der Waals surface area (Å²) in [4.78, 5) is 11.4. The summed E-state index contributed by atoms with van der Waals surface area (Å²) < 4.78 is 49.3. The van der Waals surface area contributed by atoms with E-state index in [-0.39, 0.29) is 11.6 Å². The number of aromatic nitrogens is 4. The molecular formula is C26H29F3N6O. The summed E-state index contributed by atoms with van der Waals surface area (Å²) >= 11 is 0. The minimum Gasteiger partial charge on any atom is -0.481 e. The van der Waals surface area contributed by atoms with Gasteiger partial charge in [0.15, 0.2) is 17.5 Å². The molecule has 1 N–H and O–H groups in total. The van der Waals surface area contributed by atoms with Crippen LogP contribution in [0.4, 0.5) is 24.8 Å². The number of benzene rings is 1. The number of halogens is 3. The quantitative estimate of drug-likeness (QED) is 0.513. The van der Waals surface area contributed by atoms with Crippen LogP contribution in [0.2, 0.25) is 0 Å². The number of hydrogen-bond donors (Lipinski definition) is 1. The first-order valence-corrected chi connectivity index (χ1v) is 12.6. The number of ether oxygens (including phenoxy) is 1. The number of rotatable bonds is 5. The largest absolute Gasteiger partial charge is 0.481 e. The van der Waals surface area contributed by atoms with Gasteiger partial charge in [0.05, 0.1) is 7.11 Å². The third-order valence-corrected chi connectivity index (χ3v) is 7.99. The molecule has 0 amide bonds. The molecule has 10 heteroatoms. The first kappa shape index (κ1) is 23.1. The average Bonchev–Trinajstić information content (AvgIpc) is 3.30. The maximum atomic E-state index is 14.7. The van der Waals surface area contributed by atoms with Gasteiger partial charge in [-0.1, -0.05) is 12.5 Å². The molecule has 1 aliphatic carbocycles. The standard InChI is InChI=1S/C26H29F3N6O/c1-36-21-12-17(9-10-30-21)34-13-15-5-6-16(14-34)24(15)31-26-32-25-19(4-2-3-11-35(25)33-26)18-7-8-20(27)23(29)22(18)28/h7-10,12,15-16,19,24H,2-6,11,13-14H2,1H3,(H,31,33)/t15-,16-,19?/m1/s1. The molecule has 3 atom stereocenters. The summed E-state index contributed by atoms with van der Waals surface area (Å²) in [7, 11) is 1.62. The summed E-state index contributed by atoms with van der Waals surface area (Å²) in [5.41, 5.74) is 1.25. The number of nitrogens with one attached hydrogen (secondary N) is 1. The zero-order valence-corrected chi connectivity index (χ0v) is 20.1. The second-order valence-electron chi connectivity index (χ2n) is 10.1. The van der Waals surface area contributed by atoms with Crippen molar-refractivity contribution in [2.24, 2.45) is 11.8 Å². The van der Waals surface area contributed by atoms with E-state index in [1.165, 1.54) is 6.07 Å². The van der Waals surface area contributed by atoms with Crippen LogP contribution < -0.4 is 15.0 Å². The van der Waals surface area contributed by atoms with Gasteiger partial charge in [0, 0.05) is 55.1 Å². The van der Waals surface area contributed by atoms with E-state index in [1.807, 2.05) is 12.1 Å². The number of methoxy groups -OCH3 is 1. The van der Waals surface area contributed by atoms with Crippen LogP contribution in [0.1, 0.15) is 49.4 Å². The van der Waals surface area contributed by atoms with Crippen LogP contribution in [0.15, 0.2) is 30.5 Å². The lowest BCUT2D eigenvalue weighted by Crippen LogP contribution is -2.48. The molecule has 3 aliphatic rings. The Labute approximate surface area is 207 Å². The molecule has 1 saturated heterocycles. The van der Waals surface area contributed by atoms with E-state index in [9.17, 15) is 13.2 Å². The van der Waals surface area contributed by atoms with Gasteiger partial charge in [0.1, 0.15) is 5.82 Å². The van der Waals surface area contributed by atoms with Crippen LogP contribution >= 0.6 is 0 Å². The van der Waals surface area contributed by atoms with E-state index in [2.05, 4.69) is 15.2 Å². The van der Waals surface area contributed by atoms with E-state index < -0.39 is 23.4 Å². The molecule has 0 radical (unpaired) electrons. The van der Waals surface area contributed by atoms with Crippen molar-refractivity contribution in [2.75, 3.05) is 30.4 Å². The van der Waals surface area contributed by atoms with Gasteiger partial charge in [-0.25, -0.2) is 22.8 Å². The smallest absolute Gasteiger partial charge is 0.242 e. The van der Waals surface area contributed by atoms with Gasteiger partial charge in [0.25, 0.3) is 0 Å². The predicted octanol–water partition coefficient (Wildman–Crippen LogP) is 4.74. The molecule has 0 spiro atoms. The van der Waals surface area contributed by atoms with Crippen LogP contribution in [0.5, 0.6) is 5.88 Å². The second kappa shape index (κ2) is 9.29. The van der Waals surface area contributed by atoms with Gasteiger partial charge in [-0.2, -0.15) is 4.98 Å². The number of aryl methyl sites for hydroxylation is 1. The summed E-state index contributed by atoms with van der Waals surface area (Å²) in [6, 6.07) is 6.55. The molecule has 2 aliphatic heterocycles. The third-order valence-electron chi connectivity index (χ3n) is 7.99. The SMILES string of the molecule is COc1cc(N2C[C@H]3CC[C@H](C2)C3Nc2nc3n(n2)CCCCC3c2ccc(F)c(F)c2F)ccn1. The van der Waals surface area contributed by atoms with Gasteiger partial charge in [0.2, 0.25) is 11.8 Å². The normalized spacial score (nSPS) is 25.4. The Bertz CT molecular complexity index is 1250. The van der Waals surface area contributed by atoms with E-state index in [4.69, 9.17) is 14.8 Å². The first-order chi connectivity index (χ1) is 17.5. The maximum absolute atomic E-state index is 14.7. The molecule has 1 saturated carbocycles. The Hall–Kier alpha value is -3.30. The molecule has 3 aromatic rings. The van der Waals surface area contributed by atoms with E-state index >= 15 is 0 Å². The van der Waals surface area contributed by atoms with Gasteiger partial charge in [-0.05, 0) is 49.7 Å². The maximum Gasteiger partial charge on any atom is 0.242 e. The number of hydrogen-bond acceptors (Lipinski definition) is 6. The molecule has 7 nitrogen and oxygen atoms in total. The minimum absolute atomic E-state index is 0.136. The summed E-state index contributed by atoms with van der Waals surface area (Å²) in [5.74, 6) is -1.60. The van der Waals surface area contributed by atoms with Gasteiger partial charge < -0.3 is 15.0 Å². The topological polar surface area (TPSA) is 68.1 Å². The second-order valence-corrected chi connectivity index (χ2v) is 10.1. The first-order valence-electron chi connectivity index (χ1n) is 12.6. The predicted molar refractivity (Wildman–Crippen MR) is 129 cm³/mol. The van der Waals surface area contributed by atoms with Crippen LogP contribution in [0.25, 0.3) is 0 Å². The highest BCUT2D eigenvalue weighted by molar-refractivity contribution is 5.49. The Morgan fingerprint density at radius 1 is 1.00 bits per heavy atom. The average molecular weight is 499 g/mol. The minimum atomic E-state index is -1.43.